The van der Waals surface area contributed by atoms with Crippen LogP contribution in [0.15, 0.2) is 18.2 Å². The van der Waals surface area contributed by atoms with Crippen molar-refractivity contribution in [3.05, 3.63) is 23.8 Å². The maximum atomic E-state index is 12.0. The summed E-state index contributed by atoms with van der Waals surface area (Å²) < 4.78 is 5.50. The van der Waals surface area contributed by atoms with Crippen LogP contribution in [-0.4, -0.2) is 29.6 Å². The molecule has 1 aliphatic heterocycles. The van der Waals surface area contributed by atoms with E-state index in [1.807, 2.05) is 19.1 Å². The molecular weight excluding hydrogens is 234 g/mol. The van der Waals surface area contributed by atoms with Gasteiger partial charge in [-0.1, -0.05) is 6.07 Å². The molecule has 1 amide bonds. The summed E-state index contributed by atoms with van der Waals surface area (Å²) in [6.07, 6.45) is -0.653. The first-order chi connectivity index (χ1) is 8.49. The third-order valence-corrected chi connectivity index (χ3v) is 2.87. The molecule has 1 heterocycles. The summed E-state index contributed by atoms with van der Waals surface area (Å²) in [5, 5.41) is 8.73. The van der Waals surface area contributed by atoms with Gasteiger partial charge >= 0.3 is 5.97 Å². The molecule has 0 radical (unpaired) electrons. The topological polar surface area (TPSA) is 66.8 Å². The first-order valence-corrected chi connectivity index (χ1v) is 5.79. The van der Waals surface area contributed by atoms with Crippen LogP contribution in [0.3, 0.4) is 0 Å². The van der Waals surface area contributed by atoms with Gasteiger partial charge in [-0.2, -0.15) is 0 Å². The lowest BCUT2D eigenvalue weighted by Crippen LogP contribution is -2.45. The van der Waals surface area contributed by atoms with Crippen molar-refractivity contribution < 1.29 is 19.4 Å². The Kier molecular flexibility index (Phi) is 3.23. The maximum Gasteiger partial charge on any atom is 0.305 e. The fourth-order valence-corrected chi connectivity index (χ4v) is 1.96. The summed E-state index contributed by atoms with van der Waals surface area (Å²) in [4.78, 5) is 24.2. The highest BCUT2D eigenvalue weighted by atomic mass is 16.5. The molecule has 0 fully saturated rings. The minimum absolute atomic E-state index is 0.0775. The number of fused-ring (bicyclic) bond motifs is 1. The van der Waals surface area contributed by atoms with E-state index in [4.69, 9.17) is 9.84 Å². The number of carbonyl (C=O) groups is 2. The van der Waals surface area contributed by atoms with Crippen LogP contribution in [0.25, 0.3) is 0 Å². The highest BCUT2D eigenvalue weighted by Gasteiger charge is 2.31. The number of amides is 1. The van der Waals surface area contributed by atoms with Crippen LogP contribution < -0.4 is 9.64 Å². The lowest BCUT2D eigenvalue weighted by atomic mass is 10.1. The van der Waals surface area contributed by atoms with E-state index in [2.05, 4.69) is 0 Å². The molecule has 0 unspecified atom stereocenters. The Morgan fingerprint density at radius 1 is 1.50 bits per heavy atom. The van der Waals surface area contributed by atoms with E-state index in [0.717, 1.165) is 5.56 Å². The van der Waals surface area contributed by atoms with E-state index in [1.54, 1.807) is 13.0 Å². The van der Waals surface area contributed by atoms with Gasteiger partial charge in [0.05, 0.1) is 12.1 Å². The zero-order valence-electron chi connectivity index (χ0n) is 10.3. The number of hydrogen-bond acceptors (Lipinski definition) is 3. The van der Waals surface area contributed by atoms with Crippen molar-refractivity contribution in [3.8, 4) is 5.75 Å². The largest absolute Gasteiger partial charge is 0.481 e. The van der Waals surface area contributed by atoms with Gasteiger partial charge in [-0.3, -0.25) is 9.59 Å². The van der Waals surface area contributed by atoms with Crippen molar-refractivity contribution >= 4 is 17.6 Å². The van der Waals surface area contributed by atoms with Crippen molar-refractivity contribution in [1.82, 2.24) is 0 Å². The van der Waals surface area contributed by atoms with E-state index in [-0.39, 0.29) is 18.9 Å². The Labute approximate surface area is 105 Å². The van der Waals surface area contributed by atoms with Crippen molar-refractivity contribution in [2.75, 3.05) is 11.4 Å². The van der Waals surface area contributed by atoms with Gasteiger partial charge in [0.15, 0.2) is 6.10 Å². The number of rotatable bonds is 3. The minimum Gasteiger partial charge on any atom is -0.481 e. The number of carboxylic acids is 1. The molecular formula is C13H15NO4. The van der Waals surface area contributed by atoms with Crippen LogP contribution in [0.2, 0.25) is 0 Å². The first kappa shape index (κ1) is 12.4. The Balaban J connectivity index is 2.34. The van der Waals surface area contributed by atoms with Crippen molar-refractivity contribution in [3.63, 3.8) is 0 Å². The number of carboxylic acid groups (broad SMARTS) is 1. The average Bonchev–Trinajstić information content (AvgIpc) is 2.30. The molecule has 0 aliphatic carbocycles. The number of nitrogens with zero attached hydrogens (tertiary/aromatic N) is 1. The molecule has 5 nitrogen and oxygen atoms in total. The summed E-state index contributed by atoms with van der Waals surface area (Å²) in [6.45, 7) is 3.75. The van der Waals surface area contributed by atoms with Gasteiger partial charge in [0, 0.05) is 6.54 Å². The Morgan fingerprint density at radius 3 is 2.89 bits per heavy atom. The molecule has 0 bridgehead atoms. The SMILES string of the molecule is Cc1ccc2c(c1)N(CCC(=O)O)C(=O)[C@H](C)O2. The number of anilines is 1. The van der Waals surface area contributed by atoms with E-state index >= 15 is 0 Å². The molecule has 1 aromatic rings. The number of carbonyl (C=O) groups excluding carboxylic acids is 1. The summed E-state index contributed by atoms with van der Waals surface area (Å²) in [7, 11) is 0. The summed E-state index contributed by atoms with van der Waals surface area (Å²) >= 11 is 0. The van der Waals surface area contributed by atoms with Crippen LogP contribution in [0.5, 0.6) is 5.75 Å². The molecule has 96 valence electrons. The van der Waals surface area contributed by atoms with Crippen LogP contribution >= 0.6 is 0 Å². The van der Waals surface area contributed by atoms with Crippen LogP contribution in [0, 0.1) is 6.92 Å². The number of aryl methyl sites for hydroxylation is 1. The van der Waals surface area contributed by atoms with Crippen molar-refractivity contribution in [1.29, 1.82) is 0 Å². The molecule has 1 aromatic carbocycles. The quantitative estimate of drug-likeness (QED) is 0.883. The predicted molar refractivity (Wildman–Crippen MR) is 65.9 cm³/mol. The summed E-state index contributed by atoms with van der Waals surface area (Å²) in [6, 6.07) is 5.54. The maximum absolute atomic E-state index is 12.0. The highest BCUT2D eigenvalue weighted by Crippen LogP contribution is 2.34. The molecule has 1 aliphatic rings. The molecule has 2 rings (SSSR count). The van der Waals surface area contributed by atoms with Gasteiger partial charge in [-0.25, -0.2) is 0 Å². The number of aliphatic carboxylic acids is 1. The molecule has 1 N–H and O–H groups in total. The van der Waals surface area contributed by atoms with Crippen molar-refractivity contribution in [2.24, 2.45) is 0 Å². The number of ether oxygens (including phenoxy) is 1. The summed E-state index contributed by atoms with van der Waals surface area (Å²) in [5.41, 5.74) is 1.65. The van der Waals surface area contributed by atoms with E-state index in [0.29, 0.717) is 11.4 Å². The van der Waals surface area contributed by atoms with E-state index in [9.17, 15) is 9.59 Å². The monoisotopic (exact) mass is 249 g/mol. The number of benzene rings is 1. The standard InChI is InChI=1S/C13H15NO4/c1-8-3-4-11-10(7-8)14(6-5-12(15)16)13(17)9(2)18-11/h3-4,7,9H,5-6H2,1-2H3,(H,15,16)/t9-/m0/s1. The Morgan fingerprint density at radius 2 is 2.22 bits per heavy atom. The van der Waals surface area contributed by atoms with Gasteiger partial charge in [0.25, 0.3) is 5.91 Å². The fraction of sp³-hybridized carbons (Fsp3) is 0.385. The second-order valence-corrected chi connectivity index (χ2v) is 4.36. The van der Waals surface area contributed by atoms with Crippen LogP contribution in [0.1, 0.15) is 18.9 Å². The molecule has 0 aromatic heterocycles. The average molecular weight is 249 g/mol. The van der Waals surface area contributed by atoms with Crippen LogP contribution in [0.4, 0.5) is 5.69 Å². The highest BCUT2D eigenvalue weighted by molar-refractivity contribution is 6.00. The molecule has 0 saturated heterocycles. The van der Waals surface area contributed by atoms with Gasteiger partial charge < -0.3 is 14.7 Å². The molecule has 0 spiro atoms. The molecule has 0 saturated carbocycles. The zero-order chi connectivity index (χ0) is 13.3. The normalized spacial score (nSPS) is 18.2. The lowest BCUT2D eigenvalue weighted by molar-refractivity contribution is -0.136. The Hall–Kier alpha value is -2.04. The lowest BCUT2D eigenvalue weighted by Gasteiger charge is -2.33. The second-order valence-electron chi connectivity index (χ2n) is 4.36. The predicted octanol–water partition coefficient (Wildman–Crippen LogP) is 1.58. The van der Waals surface area contributed by atoms with Crippen LogP contribution in [-0.2, 0) is 9.59 Å². The minimum atomic E-state index is -0.920. The molecule has 5 heteroatoms. The van der Waals surface area contributed by atoms with Gasteiger partial charge in [0.1, 0.15) is 5.75 Å². The third kappa shape index (κ3) is 2.30. The van der Waals surface area contributed by atoms with Crippen molar-refractivity contribution in [2.45, 2.75) is 26.4 Å². The van der Waals surface area contributed by atoms with Gasteiger partial charge in [-0.05, 0) is 31.5 Å². The molecule has 18 heavy (non-hydrogen) atoms. The molecule has 1 atom stereocenters. The van der Waals surface area contributed by atoms with E-state index in [1.165, 1.54) is 4.90 Å². The van der Waals surface area contributed by atoms with E-state index < -0.39 is 12.1 Å². The first-order valence-electron chi connectivity index (χ1n) is 5.79. The Bertz CT molecular complexity index is 498. The zero-order valence-corrected chi connectivity index (χ0v) is 10.3. The smallest absolute Gasteiger partial charge is 0.305 e. The van der Waals surface area contributed by atoms with Gasteiger partial charge in [0.2, 0.25) is 0 Å². The van der Waals surface area contributed by atoms with Gasteiger partial charge in [-0.15, -0.1) is 0 Å². The fourth-order valence-electron chi connectivity index (χ4n) is 1.96. The summed E-state index contributed by atoms with van der Waals surface area (Å²) in [5.74, 6) is -0.497. The third-order valence-electron chi connectivity index (χ3n) is 2.87. The second kappa shape index (κ2) is 4.68. The number of hydrogen-bond donors (Lipinski definition) is 1.